The van der Waals surface area contributed by atoms with E-state index >= 15 is 0 Å². The molecule has 0 aromatic heterocycles. The smallest absolute Gasteiger partial charge is 0.224 e. The molecular formula is C22H24N2O6S. The summed E-state index contributed by atoms with van der Waals surface area (Å²) >= 11 is 0. The Balaban J connectivity index is 1.49. The van der Waals surface area contributed by atoms with Gasteiger partial charge in [-0.1, -0.05) is 18.2 Å². The summed E-state index contributed by atoms with van der Waals surface area (Å²) in [5.74, 6) is 0.495. The zero-order chi connectivity index (χ0) is 22.3. The quantitative estimate of drug-likeness (QED) is 0.431. The summed E-state index contributed by atoms with van der Waals surface area (Å²) in [6.45, 7) is 4.55. The number of sulfonamides is 1. The first-order valence-corrected chi connectivity index (χ1v) is 11.4. The van der Waals surface area contributed by atoms with E-state index < -0.39 is 10.0 Å². The van der Waals surface area contributed by atoms with Crippen molar-refractivity contribution in [3.05, 3.63) is 66.2 Å². The van der Waals surface area contributed by atoms with Gasteiger partial charge in [-0.2, -0.15) is 0 Å². The third-order valence-corrected chi connectivity index (χ3v) is 5.81. The van der Waals surface area contributed by atoms with E-state index in [9.17, 15) is 18.0 Å². The van der Waals surface area contributed by atoms with Gasteiger partial charge in [0, 0.05) is 30.6 Å². The number of hydrogen-bond donors (Lipinski definition) is 2. The second-order valence-corrected chi connectivity index (χ2v) is 8.73. The molecule has 1 aliphatic heterocycles. The molecule has 1 amide bonds. The predicted octanol–water partition coefficient (Wildman–Crippen LogP) is 2.66. The normalized spacial score (nSPS) is 12.8. The van der Waals surface area contributed by atoms with Crippen LogP contribution in [0, 0.1) is 0 Å². The van der Waals surface area contributed by atoms with E-state index in [2.05, 4.69) is 16.6 Å². The Kier molecular flexibility index (Phi) is 7.43. The van der Waals surface area contributed by atoms with Gasteiger partial charge in [-0.15, -0.1) is 6.58 Å². The maximum atomic E-state index is 12.4. The van der Waals surface area contributed by atoms with Gasteiger partial charge in [0.2, 0.25) is 15.9 Å². The Labute approximate surface area is 181 Å². The fourth-order valence-corrected chi connectivity index (χ4v) is 4.06. The molecule has 2 aromatic rings. The highest BCUT2D eigenvalue weighted by Gasteiger charge is 2.16. The fraction of sp³-hybridized carbons (Fsp3) is 0.273. The van der Waals surface area contributed by atoms with Crippen LogP contribution < -0.4 is 19.5 Å². The lowest BCUT2D eigenvalue weighted by Crippen LogP contribution is -2.25. The SMILES string of the molecule is C=CCNS(=O)(=O)Cc1ccc(NC(=O)CCC(=O)c2ccc3c(c2)OCCO3)cc1. The van der Waals surface area contributed by atoms with Crippen LogP contribution in [0.4, 0.5) is 5.69 Å². The van der Waals surface area contributed by atoms with Gasteiger partial charge in [-0.3, -0.25) is 9.59 Å². The lowest BCUT2D eigenvalue weighted by molar-refractivity contribution is -0.116. The first-order chi connectivity index (χ1) is 14.9. The van der Waals surface area contributed by atoms with E-state index in [1.54, 1.807) is 42.5 Å². The Bertz CT molecular complexity index is 1060. The number of carbonyl (C=O) groups is 2. The molecule has 8 nitrogen and oxygen atoms in total. The van der Waals surface area contributed by atoms with Crippen molar-refractivity contribution in [2.24, 2.45) is 0 Å². The standard InChI is InChI=1S/C22H24N2O6S/c1-2-11-23-31(27,28)15-16-3-6-18(7-4-16)24-22(26)10-8-19(25)17-5-9-20-21(14-17)30-13-12-29-20/h2-7,9,14,23H,1,8,10-13,15H2,(H,24,26). The number of hydrogen-bond acceptors (Lipinski definition) is 6. The molecule has 31 heavy (non-hydrogen) atoms. The minimum atomic E-state index is -3.45. The number of benzene rings is 2. The molecule has 0 unspecified atom stereocenters. The largest absolute Gasteiger partial charge is 0.486 e. The van der Waals surface area contributed by atoms with Crippen molar-refractivity contribution < 1.29 is 27.5 Å². The molecule has 0 bridgehead atoms. The highest BCUT2D eigenvalue weighted by atomic mass is 32.2. The van der Waals surface area contributed by atoms with Crippen molar-refractivity contribution in [2.75, 3.05) is 25.1 Å². The number of rotatable bonds is 10. The van der Waals surface area contributed by atoms with Crippen molar-refractivity contribution in [2.45, 2.75) is 18.6 Å². The van der Waals surface area contributed by atoms with Crippen LogP contribution in [0.15, 0.2) is 55.1 Å². The number of ketones is 1. The van der Waals surface area contributed by atoms with Crippen molar-refractivity contribution in [3.63, 3.8) is 0 Å². The van der Waals surface area contributed by atoms with Crippen molar-refractivity contribution in [3.8, 4) is 11.5 Å². The molecule has 1 aliphatic rings. The lowest BCUT2D eigenvalue weighted by atomic mass is 10.1. The maximum Gasteiger partial charge on any atom is 0.224 e. The van der Waals surface area contributed by atoms with E-state index in [1.165, 1.54) is 6.08 Å². The molecule has 0 radical (unpaired) electrons. The molecule has 2 N–H and O–H groups in total. The third-order valence-electron chi connectivity index (χ3n) is 4.49. The Morgan fingerprint density at radius 1 is 1.00 bits per heavy atom. The van der Waals surface area contributed by atoms with Crippen LogP contribution in [-0.4, -0.2) is 39.9 Å². The van der Waals surface area contributed by atoms with Crippen molar-refractivity contribution in [1.29, 1.82) is 0 Å². The molecule has 2 aromatic carbocycles. The Morgan fingerprint density at radius 2 is 1.71 bits per heavy atom. The molecule has 0 saturated heterocycles. The third kappa shape index (κ3) is 6.66. The maximum absolute atomic E-state index is 12.4. The molecular weight excluding hydrogens is 420 g/mol. The number of carbonyl (C=O) groups excluding carboxylic acids is 2. The van der Waals surface area contributed by atoms with Crippen LogP contribution in [0.25, 0.3) is 0 Å². The number of fused-ring (bicyclic) bond motifs is 1. The van der Waals surface area contributed by atoms with Gasteiger partial charge in [-0.05, 0) is 35.9 Å². The second-order valence-electron chi connectivity index (χ2n) is 6.92. The molecule has 0 saturated carbocycles. The highest BCUT2D eigenvalue weighted by molar-refractivity contribution is 7.88. The summed E-state index contributed by atoms with van der Waals surface area (Å²) in [5.41, 5.74) is 1.58. The zero-order valence-corrected chi connectivity index (χ0v) is 17.7. The topological polar surface area (TPSA) is 111 Å². The Morgan fingerprint density at radius 3 is 2.42 bits per heavy atom. The summed E-state index contributed by atoms with van der Waals surface area (Å²) in [6.07, 6.45) is 1.54. The van der Waals surface area contributed by atoms with E-state index in [0.717, 1.165) is 0 Å². The summed E-state index contributed by atoms with van der Waals surface area (Å²) in [5, 5.41) is 2.71. The second kappa shape index (κ2) is 10.2. The summed E-state index contributed by atoms with van der Waals surface area (Å²) in [7, 11) is -3.45. The summed E-state index contributed by atoms with van der Waals surface area (Å²) < 4.78 is 37.1. The molecule has 0 atom stereocenters. The predicted molar refractivity (Wildman–Crippen MR) is 117 cm³/mol. The van der Waals surface area contributed by atoms with Gasteiger partial charge in [0.25, 0.3) is 0 Å². The summed E-state index contributed by atoms with van der Waals surface area (Å²) in [6, 6.07) is 11.5. The molecule has 1 heterocycles. The lowest BCUT2D eigenvalue weighted by Gasteiger charge is -2.18. The first kappa shape index (κ1) is 22.5. The van der Waals surface area contributed by atoms with Crippen LogP contribution in [0.5, 0.6) is 11.5 Å². The van der Waals surface area contributed by atoms with E-state index in [1.807, 2.05) is 0 Å². The molecule has 0 fully saturated rings. The average molecular weight is 445 g/mol. The molecule has 0 spiro atoms. The van der Waals surface area contributed by atoms with E-state index in [-0.39, 0.29) is 36.8 Å². The molecule has 0 aliphatic carbocycles. The molecule has 3 rings (SSSR count). The monoisotopic (exact) mass is 444 g/mol. The van der Waals surface area contributed by atoms with Gasteiger partial charge < -0.3 is 14.8 Å². The van der Waals surface area contributed by atoms with E-state index in [4.69, 9.17) is 9.47 Å². The minimum absolute atomic E-state index is 0.0227. The van der Waals surface area contributed by atoms with Crippen molar-refractivity contribution in [1.82, 2.24) is 4.72 Å². The first-order valence-electron chi connectivity index (χ1n) is 9.76. The Hall–Kier alpha value is -3.17. The van der Waals surface area contributed by atoms with Crippen molar-refractivity contribution >= 4 is 27.4 Å². The highest BCUT2D eigenvalue weighted by Crippen LogP contribution is 2.31. The van der Waals surface area contributed by atoms with Crippen LogP contribution in [-0.2, 0) is 20.6 Å². The zero-order valence-electron chi connectivity index (χ0n) is 16.9. The summed E-state index contributed by atoms with van der Waals surface area (Å²) in [4.78, 5) is 24.6. The fourth-order valence-electron chi connectivity index (χ4n) is 2.95. The minimum Gasteiger partial charge on any atom is -0.486 e. The van der Waals surface area contributed by atoms with Gasteiger partial charge in [-0.25, -0.2) is 13.1 Å². The van der Waals surface area contributed by atoms with Gasteiger partial charge in [0.1, 0.15) is 13.2 Å². The van der Waals surface area contributed by atoms with Gasteiger partial charge in [0.15, 0.2) is 17.3 Å². The van der Waals surface area contributed by atoms with E-state index in [0.29, 0.717) is 41.5 Å². The van der Waals surface area contributed by atoms with Gasteiger partial charge >= 0.3 is 0 Å². The van der Waals surface area contributed by atoms with Crippen LogP contribution in [0.1, 0.15) is 28.8 Å². The molecule has 164 valence electrons. The van der Waals surface area contributed by atoms with Gasteiger partial charge in [0.05, 0.1) is 5.75 Å². The molecule has 9 heteroatoms. The van der Waals surface area contributed by atoms with Crippen LogP contribution >= 0.6 is 0 Å². The number of anilines is 1. The van der Waals surface area contributed by atoms with Crippen LogP contribution in [0.3, 0.4) is 0 Å². The number of nitrogens with one attached hydrogen (secondary N) is 2. The number of Topliss-reactive ketones (excluding diaryl/α,β-unsaturated/α-hetero) is 1. The average Bonchev–Trinajstić information content (AvgIpc) is 2.77. The number of ether oxygens (including phenoxy) is 2. The number of amides is 1. The van der Waals surface area contributed by atoms with Crippen LogP contribution in [0.2, 0.25) is 0 Å².